The van der Waals surface area contributed by atoms with E-state index in [9.17, 15) is 13.2 Å². The van der Waals surface area contributed by atoms with Crippen LogP contribution in [0.5, 0.6) is 0 Å². The summed E-state index contributed by atoms with van der Waals surface area (Å²) >= 11 is 0. The van der Waals surface area contributed by atoms with Crippen molar-refractivity contribution >= 4 is 0 Å². The van der Waals surface area contributed by atoms with Crippen LogP contribution < -0.4 is 0 Å². The van der Waals surface area contributed by atoms with E-state index in [1.54, 1.807) is 12.1 Å². The molecule has 2 aromatic rings. The molecule has 0 atom stereocenters. The van der Waals surface area contributed by atoms with Gasteiger partial charge < -0.3 is 0 Å². The average molecular weight is 278 g/mol. The van der Waals surface area contributed by atoms with Crippen LogP contribution >= 0.6 is 0 Å². The predicted octanol–water partition coefficient (Wildman–Crippen LogP) is 5.42. The van der Waals surface area contributed by atoms with E-state index in [1.807, 2.05) is 44.2 Å². The predicted molar refractivity (Wildman–Crippen MR) is 74.8 cm³/mol. The van der Waals surface area contributed by atoms with Crippen molar-refractivity contribution in [1.29, 1.82) is 0 Å². The highest BCUT2D eigenvalue weighted by Gasteiger charge is 2.33. The first-order valence-corrected chi connectivity index (χ1v) is 6.62. The lowest BCUT2D eigenvalue weighted by atomic mass is 9.93. The van der Waals surface area contributed by atoms with Crippen LogP contribution in [0, 0.1) is 0 Å². The molecule has 0 aliphatic heterocycles. The molecule has 0 heterocycles. The number of hydrogen-bond acceptors (Lipinski definition) is 0. The number of benzene rings is 2. The topological polar surface area (TPSA) is 0 Å². The van der Waals surface area contributed by atoms with Crippen molar-refractivity contribution in [2.45, 2.75) is 32.4 Å². The van der Waals surface area contributed by atoms with Crippen LogP contribution in [0.15, 0.2) is 48.5 Å². The third-order valence-corrected chi connectivity index (χ3v) is 3.34. The Morgan fingerprint density at radius 1 is 0.950 bits per heavy atom. The summed E-state index contributed by atoms with van der Waals surface area (Å²) < 4.78 is 39.3. The molecule has 0 saturated carbocycles. The van der Waals surface area contributed by atoms with Gasteiger partial charge in [-0.3, -0.25) is 0 Å². The van der Waals surface area contributed by atoms with Gasteiger partial charge in [0.15, 0.2) is 0 Å². The Labute approximate surface area is 117 Å². The maximum atomic E-state index is 13.1. The molecule has 0 aliphatic carbocycles. The summed E-state index contributed by atoms with van der Waals surface area (Å²) in [4.78, 5) is 0. The van der Waals surface area contributed by atoms with Crippen molar-refractivity contribution in [2.75, 3.05) is 0 Å². The van der Waals surface area contributed by atoms with Crippen molar-refractivity contribution in [3.63, 3.8) is 0 Å². The molecule has 0 amide bonds. The highest BCUT2D eigenvalue weighted by Crippen LogP contribution is 2.34. The quantitative estimate of drug-likeness (QED) is 0.703. The first-order chi connectivity index (χ1) is 9.38. The zero-order chi connectivity index (χ0) is 14.8. The number of alkyl halides is 3. The summed E-state index contributed by atoms with van der Waals surface area (Å²) in [6.45, 7) is 3.96. The fourth-order valence-electron chi connectivity index (χ4n) is 2.21. The minimum atomic E-state index is -4.31. The molecule has 2 rings (SSSR count). The van der Waals surface area contributed by atoms with Gasteiger partial charge in [0.2, 0.25) is 0 Å². The second-order valence-corrected chi connectivity index (χ2v) is 5.23. The molecule has 20 heavy (non-hydrogen) atoms. The Balaban J connectivity index is 2.44. The zero-order valence-corrected chi connectivity index (χ0v) is 11.5. The molecule has 106 valence electrons. The van der Waals surface area contributed by atoms with E-state index >= 15 is 0 Å². The Kier molecular flexibility index (Phi) is 4.17. The number of rotatable bonds is 3. The molecule has 0 N–H and O–H groups in total. The van der Waals surface area contributed by atoms with Gasteiger partial charge in [0.05, 0.1) is 5.56 Å². The minimum absolute atomic E-state index is 0.215. The van der Waals surface area contributed by atoms with Crippen LogP contribution in [0.1, 0.15) is 42.0 Å². The van der Waals surface area contributed by atoms with E-state index in [0.29, 0.717) is 12.0 Å². The molecule has 3 heteroatoms. The summed E-state index contributed by atoms with van der Waals surface area (Å²) in [6.07, 6.45) is -4.00. The van der Waals surface area contributed by atoms with Gasteiger partial charge in [0, 0.05) is 0 Å². The third kappa shape index (κ3) is 3.41. The van der Waals surface area contributed by atoms with Gasteiger partial charge in [-0.25, -0.2) is 0 Å². The molecular weight excluding hydrogens is 261 g/mol. The lowest BCUT2D eigenvalue weighted by molar-refractivity contribution is -0.138. The number of halogens is 3. The fraction of sp³-hybridized carbons (Fsp3) is 0.294. The van der Waals surface area contributed by atoms with Crippen LogP contribution in [0.3, 0.4) is 0 Å². The van der Waals surface area contributed by atoms with Gasteiger partial charge in [0.1, 0.15) is 0 Å². The van der Waals surface area contributed by atoms with E-state index in [-0.39, 0.29) is 5.92 Å². The van der Waals surface area contributed by atoms with Gasteiger partial charge in [-0.15, -0.1) is 0 Å². The van der Waals surface area contributed by atoms with Gasteiger partial charge in [-0.1, -0.05) is 56.3 Å². The van der Waals surface area contributed by atoms with Crippen molar-refractivity contribution in [3.05, 3.63) is 70.8 Å². The lowest BCUT2D eigenvalue weighted by Crippen LogP contribution is -2.10. The van der Waals surface area contributed by atoms with E-state index in [2.05, 4.69) is 0 Å². The summed E-state index contributed by atoms with van der Waals surface area (Å²) in [5, 5.41) is 0. The molecule has 0 saturated heterocycles. The van der Waals surface area contributed by atoms with Crippen molar-refractivity contribution in [1.82, 2.24) is 0 Å². The van der Waals surface area contributed by atoms with Crippen molar-refractivity contribution in [3.8, 4) is 0 Å². The third-order valence-electron chi connectivity index (χ3n) is 3.34. The van der Waals surface area contributed by atoms with E-state index in [1.165, 1.54) is 6.07 Å². The van der Waals surface area contributed by atoms with Crippen molar-refractivity contribution < 1.29 is 13.2 Å². The molecule has 0 unspecified atom stereocenters. The summed E-state index contributed by atoms with van der Waals surface area (Å²) in [5.41, 5.74) is 1.63. The van der Waals surface area contributed by atoms with Gasteiger partial charge >= 0.3 is 6.18 Å². The highest BCUT2D eigenvalue weighted by molar-refractivity contribution is 5.38. The first kappa shape index (κ1) is 14.6. The summed E-state index contributed by atoms with van der Waals surface area (Å²) in [7, 11) is 0. The second kappa shape index (κ2) is 5.70. The molecule has 0 spiro atoms. The molecule has 0 radical (unpaired) electrons. The molecule has 0 aliphatic rings. The fourth-order valence-corrected chi connectivity index (χ4v) is 2.21. The summed E-state index contributed by atoms with van der Waals surface area (Å²) in [5.74, 6) is 0.215. The highest BCUT2D eigenvalue weighted by atomic mass is 19.4. The Morgan fingerprint density at radius 2 is 1.60 bits per heavy atom. The Bertz CT molecular complexity index is 569. The van der Waals surface area contributed by atoms with Crippen LogP contribution in [-0.2, 0) is 12.6 Å². The maximum Gasteiger partial charge on any atom is 0.416 e. The van der Waals surface area contributed by atoms with E-state index in [0.717, 1.165) is 11.1 Å². The SMILES string of the molecule is CC(C)c1ccc(C(F)(F)F)c(Cc2ccccc2)c1. The van der Waals surface area contributed by atoms with Gasteiger partial charge in [-0.05, 0) is 35.1 Å². The lowest BCUT2D eigenvalue weighted by Gasteiger charge is -2.16. The first-order valence-electron chi connectivity index (χ1n) is 6.62. The normalized spacial score (nSPS) is 11.9. The van der Waals surface area contributed by atoms with Gasteiger partial charge in [0.25, 0.3) is 0 Å². The molecule has 0 bridgehead atoms. The van der Waals surface area contributed by atoms with E-state index in [4.69, 9.17) is 0 Å². The Hall–Kier alpha value is -1.77. The minimum Gasteiger partial charge on any atom is -0.166 e. The average Bonchev–Trinajstić information content (AvgIpc) is 2.38. The maximum absolute atomic E-state index is 13.1. The smallest absolute Gasteiger partial charge is 0.166 e. The van der Waals surface area contributed by atoms with Crippen LogP contribution in [-0.4, -0.2) is 0 Å². The van der Waals surface area contributed by atoms with Gasteiger partial charge in [-0.2, -0.15) is 13.2 Å². The monoisotopic (exact) mass is 278 g/mol. The van der Waals surface area contributed by atoms with Crippen LogP contribution in [0.4, 0.5) is 13.2 Å². The zero-order valence-electron chi connectivity index (χ0n) is 11.5. The van der Waals surface area contributed by atoms with Crippen molar-refractivity contribution in [2.24, 2.45) is 0 Å². The largest absolute Gasteiger partial charge is 0.416 e. The second-order valence-electron chi connectivity index (χ2n) is 5.23. The standard InChI is InChI=1S/C17H17F3/c1-12(2)14-8-9-16(17(18,19)20)15(11-14)10-13-6-4-3-5-7-13/h3-9,11-12H,10H2,1-2H3. The summed E-state index contributed by atoms with van der Waals surface area (Å²) in [6, 6.07) is 13.7. The van der Waals surface area contributed by atoms with Crippen LogP contribution in [0.2, 0.25) is 0 Å². The molecule has 0 fully saturated rings. The van der Waals surface area contributed by atoms with E-state index < -0.39 is 11.7 Å². The van der Waals surface area contributed by atoms with Crippen LogP contribution in [0.25, 0.3) is 0 Å². The molecule has 2 aromatic carbocycles. The molecule has 0 nitrogen and oxygen atoms in total. The molecular formula is C17H17F3. The number of hydrogen-bond donors (Lipinski definition) is 0. The molecule has 0 aromatic heterocycles. The Morgan fingerprint density at radius 3 is 2.15 bits per heavy atom.